The zero-order valence-electron chi connectivity index (χ0n) is 19.5. The van der Waals surface area contributed by atoms with Crippen LogP contribution in [0.25, 0.3) is 10.4 Å². The van der Waals surface area contributed by atoms with E-state index in [9.17, 15) is 0 Å². The number of nitrogens with zero attached hydrogens (tertiary/aromatic N) is 3. The highest BCUT2D eigenvalue weighted by molar-refractivity contribution is 7.16. The van der Waals surface area contributed by atoms with Crippen molar-refractivity contribution in [1.82, 2.24) is 9.97 Å². The highest BCUT2D eigenvalue weighted by Gasteiger charge is 2.48. The third-order valence-corrected chi connectivity index (χ3v) is 13.9. The number of hydrogen-bond donors (Lipinski definition) is 1. The van der Waals surface area contributed by atoms with Crippen LogP contribution in [0.2, 0.25) is 5.04 Å². The molecule has 0 bridgehead atoms. The first-order chi connectivity index (χ1) is 15.8. The van der Waals surface area contributed by atoms with Gasteiger partial charge < -0.3 is 5.73 Å². The topological polar surface area (TPSA) is 75.6 Å². The van der Waals surface area contributed by atoms with Gasteiger partial charge in [-0.1, -0.05) is 91.8 Å². The summed E-state index contributed by atoms with van der Waals surface area (Å²) in [7, 11) is -2.26. The maximum Gasteiger partial charge on any atom is 0.163 e. The number of nitrogen functional groups attached to an aromatic ring is 1. The van der Waals surface area contributed by atoms with Crippen molar-refractivity contribution in [3.05, 3.63) is 89.3 Å². The highest BCUT2D eigenvalue weighted by Crippen LogP contribution is 2.40. The molecule has 6 heteroatoms. The van der Waals surface area contributed by atoms with E-state index in [2.05, 4.69) is 86.4 Å². The summed E-state index contributed by atoms with van der Waals surface area (Å²) in [4.78, 5) is 10.3. The van der Waals surface area contributed by atoms with Crippen molar-refractivity contribution in [2.45, 2.75) is 38.8 Å². The maximum absolute atomic E-state index is 9.16. The fraction of sp³-hybridized carbons (Fsp3) is 0.222. The summed E-state index contributed by atoms with van der Waals surface area (Å²) in [5, 5.41) is 13.2. The maximum atomic E-state index is 9.16. The van der Waals surface area contributed by atoms with Crippen LogP contribution in [0.15, 0.2) is 72.9 Å². The molecule has 0 saturated heterocycles. The molecule has 0 aliphatic carbocycles. The van der Waals surface area contributed by atoms with Gasteiger partial charge in [0.25, 0.3) is 0 Å². The van der Waals surface area contributed by atoms with Crippen LogP contribution in [0, 0.1) is 18.3 Å². The third-order valence-electron chi connectivity index (χ3n) is 6.36. The average molecular weight is 469 g/mol. The third kappa shape index (κ3) is 4.22. The van der Waals surface area contributed by atoms with Gasteiger partial charge in [0.15, 0.2) is 5.69 Å². The van der Waals surface area contributed by atoms with Gasteiger partial charge in [-0.2, -0.15) is 5.26 Å². The number of rotatable bonds is 5. The standard InChI is InChI=1S/C27H28N4SSi/c1-19-26(20-15-23(29)24(16-28)30-17-20)32-25(31-19)18-33(27(2,3)4,21-11-7-5-8-12-21)22-13-9-6-10-14-22/h5-15,17H,18,29H2,1-4H3. The molecule has 0 radical (unpaired) electrons. The number of benzene rings is 2. The van der Waals surface area contributed by atoms with Gasteiger partial charge in [-0.3, -0.25) is 0 Å². The van der Waals surface area contributed by atoms with E-state index in [1.54, 1.807) is 17.5 Å². The summed E-state index contributed by atoms with van der Waals surface area (Å²) in [5.74, 6) is 0. The van der Waals surface area contributed by atoms with Crippen LogP contribution in [0.4, 0.5) is 5.69 Å². The number of aromatic nitrogens is 2. The number of nitrogens with two attached hydrogens (primary N) is 1. The van der Waals surface area contributed by atoms with E-state index < -0.39 is 8.07 Å². The van der Waals surface area contributed by atoms with Gasteiger partial charge in [0, 0.05) is 17.8 Å². The second-order valence-corrected chi connectivity index (χ2v) is 15.3. The van der Waals surface area contributed by atoms with Crippen molar-refractivity contribution in [3.63, 3.8) is 0 Å². The molecule has 0 amide bonds. The van der Waals surface area contributed by atoms with E-state index in [1.165, 1.54) is 10.4 Å². The van der Waals surface area contributed by atoms with Crippen LogP contribution in [0.5, 0.6) is 0 Å². The number of thiazole rings is 1. The normalized spacial score (nSPS) is 11.8. The number of pyridine rings is 1. The van der Waals surface area contributed by atoms with E-state index in [0.717, 1.165) is 27.2 Å². The van der Waals surface area contributed by atoms with Gasteiger partial charge in [0.05, 0.1) is 21.3 Å². The van der Waals surface area contributed by atoms with Crippen LogP contribution in [0.3, 0.4) is 0 Å². The Morgan fingerprint density at radius 2 is 1.58 bits per heavy atom. The van der Waals surface area contributed by atoms with Gasteiger partial charge in [-0.15, -0.1) is 11.3 Å². The van der Waals surface area contributed by atoms with Crippen molar-refractivity contribution in [2.24, 2.45) is 0 Å². The Bertz CT molecular complexity index is 1260. The molecule has 4 nitrogen and oxygen atoms in total. The van der Waals surface area contributed by atoms with Crippen LogP contribution in [-0.4, -0.2) is 18.0 Å². The Morgan fingerprint density at radius 1 is 1.00 bits per heavy atom. The van der Waals surface area contributed by atoms with Crippen molar-refractivity contribution >= 4 is 35.5 Å². The summed E-state index contributed by atoms with van der Waals surface area (Å²) in [5.41, 5.74) is 8.58. The molecule has 4 aromatic rings. The first-order valence-electron chi connectivity index (χ1n) is 11.0. The number of nitriles is 1. The summed E-state index contributed by atoms with van der Waals surface area (Å²) in [6.45, 7) is 9.14. The first-order valence-corrected chi connectivity index (χ1v) is 14.0. The molecule has 4 rings (SSSR count). The average Bonchev–Trinajstić information content (AvgIpc) is 3.17. The predicted molar refractivity (Wildman–Crippen MR) is 141 cm³/mol. The fourth-order valence-corrected chi connectivity index (χ4v) is 11.5. The smallest absolute Gasteiger partial charge is 0.163 e. The van der Waals surface area contributed by atoms with E-state index in [0.29, 0.717) is 5.69 Å². The second-order valence-electron chi connectivity index (χ2n) is 9.36. The lowest BCUT2D eigenvalue weighted by Gasteiger charge is -2.44. The molecule has 2 aromatic carbocycles. The predicted octanol–water partition coefficient (Wildman–Crippen LogP) is 5.11. The second kappa shape index (κ2) is 8.93. The summed E-state index contributed by atoms with van der Waals surface area (Å²) < 4.78 is 0. The molecule has 2 aromatic heterocycles. The lowest BCUT2D eigenvalue weighted by Crippen LogP contribution is -2.66. The molecular weight excluding hydrogens is 440 g/mol. The van der Waals surface area contributed by atoms with Gasteiger partial charge in [-0.05, 0) is 18.0 Å². The molecule has 0 saturated carbocycles. The van der Waals surface area contributed by atoms with Crippen molar-refractivity contribution < 1.29 is 0 Å². The monoisotopic (exact) mass is 468 g/mol. The highest BCUT2D eigenvalue weighted by atomic mass is 32.1. The Morgan fingerprint density at radius 3 is 2.06 bits per heavy atom. The van der Waals surface area contributed by atoms with Crippen molar-refractivity contribution in [1.29, 1.82) is 5.26 Å². The van der Waals surface area contributed by atoms with Crippen LogP contribution in [-0.2, 0) is 6.04 Å². The largest absolute Gasteiger partial charge is 0.396 e. The van der Waals surface area contributed by atoms with E-state index >= 15 is 0 Å². The minimum absolute atomic E-state index is 0.0653. The first kappa shape index (κ1) is 22.9. The molecule has 0 fully saturated rings. The van der Waals surface area contributed by atoms with Crippen LogP contribution < -0.4 is 16.1 Å². The van der Waals surface area contributed by atoms with Gasteiger partial charge in [0.1, 0.15) is 14.1 Å². The molecule has 0 unspecified atom stereocenters. The Balaban J connectivity index is 1.86. The molecule has 0 spiro atoms. The number of aryl methyl sites for hydroxylation is 1. The number of anilines is 1. The summed E-state index contributed by atoms with van der Waals surface area (Å²) in [6.07, 6.45) is 1.72. The molecule has 0 aliphatic heterocycles. The molecule has 33 heavy (non-hydrogen) atoms. The Labute approximate surface area is 200 Å². The summed E-state index contributed by atoms with van der Waals surface area (Å²) in [6, 6.07) is 26.7. The lowest BCUT2D eigenvalue weighted by molar-refractivity contribution is 0.725. The number of hydrogen-bond acceptors (Lipinski definition) is 5. The van der Waals surface area contributed by atoms with Crippen molar-refractivity contribution in [2.75, 3.05) is 5.73 Å². The molecule has 0 aliphatic rings. The summed E-state index contributed by atoms with van der Waals surface area (Å²) >= 11 is 1.71. The molecule has 2 heterocycles. The zero-order valence-corrected chi connectivity index (χ0v) is 21.3. The van der Waals surface area contributed by atoms with E-state index in [-0.39, 0.29) is 10.7 Å². The van der Waals surface area contributed by atoms with Gasteiger partial charge in [0.2, 0.25) is 0 Å². The molecular formula is C27H28N4SSi. The van der Waals surface area contributed by atoms with E-state index in [1.807, 2.05) is 19.1 Å². The van der Waals surface area contributed by atoms with Gasteiger partial charge >= 0.3 is 0 Å². The van der Waals surface area contributed by atoms with Crippen molar-refractivity contribution in [3.8, 4) is 16.5 Å². The minimum atomic E-state index is -2.26. The van der Waals surface area contributed by atoms with E-state index in [4.69, 9.17) is 16.0 Å². The van der Waals surface area contributed by atoms with Crippen LogP contribution >= 0.6 is 11.3 Å². The van der Waals surface area contributed by atoms with Gasteiger partial charge in [-0.25, -0.2) is 9.97 Å². The molecule has 166 valence electrons. The lowest BCUT2D eigenvalue weighted by atomic mass is 10.2. The van der Waals surface area contributed by atoms with Crippen LogP contribution in [0.1, 0.15) is 37.2 Å². The SMILES string of the molecule is Cc1nc(C[Si](c2ccccc2)(c2ccccc2)C(C)(C)C)sc1-c1cnc(C#N)c(N)c1. The molecule has 2 N–H and O–H groups in total. The quantitative estimate of drug-likeness (QED) is 0.413. The Hall–Kier alpha value is -3.27. The zero-order chi connectivity index (χ0) is 23.6. The Kier molecular flexibility index (Phi) is 6.20. The fourth-order valence-electron chi connectivity index (χ4n) is 4.67. The molecule has 0 atom stereocenters. The minimum Gasteiger partial charge on any atom is -0.396 e.